The molecule has 4 nitrogen and oxygen atoms in total. The van der Waals surface area contributed by atoms with E-state index in [4.69, 9.17) is 4.74 Å². The van der Waals surface area contributed by atoms with Crippen molar-refractivity contribution in [2.24, 2.45) is 0 Å². The number of rotatable bonds is 7. The summed E-state index contributed by atoms with van der Waals surface area (Å²) in [6.07, 6.45) is 9.41. The predicted octanol–water partition coefficient (Wildman–Crippen LogP) is 3.38. The van der Waals surface area contributed by atoms with Gasteiger partial charge in [0.15, 0.2) is 0 Å². The number of ether oxygens (including phenoxy) is 1. The van der Waals surface area contributed by atoms with Crippen molar-refractivity contribution in [3.05, 3.63) is 11.6 Å². The summed E-state index contributed by atoms with van der Waals surface area (Å²) < 4.78 is 5.17. The molecule has 4 heteroatoms. The SMILES string of the molecule is CC(C)(C)OC(=O)NCCCNCCC1=CCCCC1. The molecule has 1 aliphatic carbocycles. The van der Waals surface area contributed by atoms with Crippen LogP contribution >= 0.6 is 0 Å². The van der Waals surface area contributed by atoms with E-state index in [0.717, 1.165) is 19.5 Å². The first kappa shape index (κ1) is 17.0. The lowest BCUT2D eigenvalue weighted by Crippen LogP contribution is -2.34. The van der Waals surface area contributed by atoms with E-state index in [-0.39, 0.29) is 6.09 Å². The Bertz CT molecular complexity index is 319. The van der Waals surface area contributed by atoms with Gasteiger partial charge in [-0.15, -0.1) is 0 Å². The third-order valence-electron chi connectivity index (χ3n) is 3.21. The van der Waals surface area contributed by atoms with Crippen molar-refractivity contribution in [1.29, 1.82) is 0 Å². The van der Waals surface area contributed by atoms with Crippen LogP contribution in [0.4, 0.5) is 4.79 Å². The van der Waals surface area contributed by atoms with E-state index < -0.39 is 5.60 Å². The minimum atomic E-state index is -0.421. The molecule has 0 radical (unpaired) electrons. The van der Waals surface area contributed by atoms with E-state index in [2.05, 4.69) is 16.7 Å². The Morgan fingerprint density at radius 3 is 2.70 bits per heavy atom. The molecule has 0 atom stereocenters. The fourth-order valence-corrected chi connectivity index (χ4v) is 2.22. The molecule has 2 N–H and O–H groups in total. The molecule has 1 rings (SSSR count). The average molecular weight is 282 g/mol. The normalized spacial score (nSPS) is 15.7. The lowest BCUT2D eigenvalue weighted by Gasteiger charge is -2.19. The fraction of sp³-hybridized carbons (Fsp3) is 0.812. The lowest BCUT2D eigenvalue weighted by molar-refractivity contribution is 0.0527. The van der Waals surface area contributed by atoms with Gasteiger partial charge in [0.1, 0.15) is 5.60 Å². The highest BCUT2D eigenvalue weighted by Gasteiger charge is 2.15. The molecular formula is C16H30N2O2. The summed E-state index contributed by atoms with van der Waals surface area (Å²) in [6, 6.07) is 0. The molecule has 1 amide bonds. The van der Waals surface area contributed by atoms with Gasteiger partial charge in [0.2, 0.25) is 0 Å². The lowest BCUT2D eigenvalue weighted by atomic mass is 9.97. The van der Waals surface area contributed by atoms with Gasteiger partial charge in [0.05, 0.1) is 0 Å². The van der Waals surface area contributed by atoms with Gasteiger partial charge in [-0.3, -0.25) is 0 Å². The molecule has 0 spiro atoms. The first-order chi connectivity index (χ1) is 9.47. The molecule has 0 fully saturated rings. The van der Waals surface area contributed by atoms with Crippen LogP contribution in [0, 0.1) is 0 Å². The molecule has 0 saturated carbocycles. The van der Waals surface area contributed by atoms with Crippen LogP contribution in [0.2, 0.25) is 0 Å². The summed E-state index contributed by atoms with van der Waals surface area (Å²) in [4.78, 5) is 11.4. The van der Waals surface area contributed by atoms with E-state index in [1.165, 1.54) is 32.1 Å². The zero-order chi connectivity index (χ0) is 14.8. The van der Waals surface area contributed by atoms with E-state index in [0.29, 0.717) is 6.54 Å². The van der Waals surface area contributed by atoms with E-state index >= 15 is 0 Å². The summed E-state index contributed by atoms with van der Waals surface area (Å²) in [7, 11) is 0. The molecular weight excluding hydrogens is 252 g/mol. The van der Waals surface area contributed by atoms with Crippen molar-refractivity contribution in [2.45, 2.75) is 64.9 Å². The quantitative estimate of drug-likeness (QED) is 0.556. The Labute approximate surface area is 123 Å². The molecule has 0 heterocycles. The second kappa shape index (κ2) is 9.01. The first-order valence-electron chi connectivity index (χ1n) is 7.83. The molecule has 20 heavy (non-hydrogen) atoms. The van der Waals surface area contributed by atoms with Crippen LogP contribution in [0.25, 0.3) is 0 Å². The summed E-state index contributed by atoms with van der Waals surface area (Å²) >= 11 is 0. The Morgan fingerprint density at radius 2 is 2.05 bits per heavy atom. The molecule has 116 valence electrons. The Hall–Kier alpha value is -1.03. The third kappa shape index (κ3) is 8.97. The van der Waals surface area contributed by atoms with Crippen LogP contribution in [-0.4, -0.2) is 31.3 Å². The van der Waals surface area contributed by atoms with Gasteiger partial charge in [-0.1, -0.05) is 11.6 Å². The first-order valence-corrected chi connectivity index (χ1v) is 7.83. The maximum atomic E-state index is 11.4. The van der Waals surface area contributed by atoms with Gasteiger partial charge < -0.3 is 15.4 Å². The molecule has 0 bridgehead atoms. The zero-order valence-corrected chi connectivity index (χ0v) is 13.3. The Balaban J connectivity index is 1.92. The van der Waals surface area contributed by atoms with Crippen molar-refractivity contribution in [3.63, 3.8) is 0 Å². The third-order valence-corrected chi connectivity index (χ3v) is 3.21. The summed E-state index contributed by atoms with van der Waals surface area (Å²) in [5.74, 6) is 0. The highest BCUT2D eigenvalue weighted by Crippen LogP contribution is 2.19. The van der Waals surface area contributed by atoms with Crippen LogP contribution in [0.1, 0.15) is 59.3 Å². The minimum absolute atomic E-state index is 0.329. The topological polar surface area (TPSA) is 50.4 Å². The standard InChI is InChI=1S/C16H30N2O2/c1-16(2,3)20-15(19)18-12-7-11-17-13-10-14-8-5-4-6-9-14/h8,17H,4-7,9-13H2,1-3H3,(H,18,19). The second-order valence-electron chi connectivity index (χ2n) is 6.39. The van der Waals surface area contributed by atoms with E-state index in [9.17, 15) is 4.79 Å². The number of hydrogen-bond donors (Lipinski definition) is 2. The largest absolute Gasteiger partial charge is 0.444 e. The van der Waals surface area contributed by atoms with Crippen LogP contribution in [0.3, 0.4) is 0 Å². The zero-order valence-electron chi connectivity index (χ0n) is 13.3. The van der Waals surface area contributed by atoms with Crippen molar-refractivity contribution in [1.82, 2.24) is 10.6 Å². The van der Waals surface area contributed by atoms with Gasteiger partial charge in [0.25, 0.3) is 0 Å². The number of nitrogens with one attached hydrogen (secondary N) is 2. The number of alkyl carbamates (subject to hydrolysis) is 1. The van der Waals surface area contributed by atoms with Crippen LogP contribution in [0.5, 0.6) is 0 Å². The molecule has 1 aliphatic rings. The number of carbonyl (C=O) groups is 1. The highest BCUT2D eigenvalue weighted by molar-refractivity contribution is 5.67. The number of amides is 1. The summed E-state index contributed by atoms with van der Waals surface area (Å²) in [5, 5.41) is 6.19. The smallest absolute Gasteiger partial charge is 0.407 e. The second-order valence-corrected chi connectivity index (χ2v) is 6.39. The van der Waals surface area contributed by atoms with Gasteiger partial charge in [-0.05, 0) is 72.4 Å². The molecule has 0 aliphatic heterocycles. The Morgan fingerprint density at radius 1 is 1.25 bits per heavy atom. The van der Waals surface area contributed by atoms with Crippen molar-refractivity contribution >= 4 is 6.09 Å². The minimum Gasteiger partial charge on any atom is -0.444 e. The maximum Gasteiger partial charge on any atom is 0.407 e. The van der Waals surface area contributed by atoms with Crippen molar-refractivity contribution < 1.29 is 9.53 Å². The summed E-state index contributed by atoms with van der Waals surface area (Å²) in [5.41, 5.74) is 1.19. The monoisotopic (exact) mass is 282 g/mol. The molecule has 0 unspecified atom stereocenters. The van der Waals surface area contributed by atoms with Crippen molar-refractivity contribution in [2.75, 3.05) is 19.6 Å². The van der Waals surface area contributed by atoms with E-state index in [1.54, 1.807) is 5.57 Å². The number of hydrogen-bond acceptors (Lipinski definition) is 3. The van der Waals surface area contributed by atoms with Gasteiger partial charge in [-0.25, -0.2) is 4.79 Å². The number of allylic oxidation sites excluding steroid dienone is 1. The van der Waals surface area contributed by atoms with Crippen molar-refractivity contribution in [3.8, 4) is 0 Å². The Kier molecular flexibility index (Phi) is 7.67. The fourth-order valence-electron chi connectivity index (χ4n) is 2.22. The predicted molar refractivity (Wildman–Crippen MR) is 82.9 cm³/mol. The maximum absolute atomic E-state index is 11.4. The molecule has 0 saturated heterocycles. The molecule has 0 aromatic heterocycles. The van der Waals surface area contributed by atoms with E-state index in [1.807, 2.05) is 20.8 Å². The van der Waals surface area contributed by atoms with Crippen LogP contribution < -0.4 is 10.6 Å². The van der Waals surface area contributed by atoms with Gasteiger partial charge >= 0.3 is 6.09 Å². The van der Waals surface area contributed by atoms with Crippen LogP contribution in [0.15, 0.2) is 11.6 Å². The number of carbonyl (C=O) groups excluding carboxylic acids is 1. The van der Waals surface area contributed by atoms with Gasteiger partial charge in [0, 0.05) is 6.54 Å². The molecule has 0 aromatic carbocycles. The molecule has 0 aromatic rings. The highest BCUT2D eigenvalue weighted by atomic mass is 16.6. The summed E-state index contributed by atoms with van der Waals surface area (Å²) in [6.45, 7) is 8.24. The average Bonchev–Trinajstić information content (AvgIpc) is 2.37. The van der Waals surface area contributed by atoms with Gasteiger partial charge in [-0.2, -0.15) is 0 Å². The van der Waals surface area contributed by atoms with Crippen LogP contribution in [-0.2, 0) is 4.74 Å².